The lowest BCUT2D eigenvalue weighted by Crippen LogP contribution is -2.46. The largest absolute Gasteiger partial charge is 0.451 e. The van der Waals surface area contributed by atoms with Gasteiger partial charge in [0.1, 0.15) is 0 Å². The molecule has 2 heterocycles. The summed E-state index contributed by atoms with van der Waals surface area (Å²) in [5.41, 5.74) is 0.0664. The van der Waals surface area contributed by atoms with Crippen LogP contribution in [0.2, 0.25) is 0 Å². The molecule has 0 spiro atoms. The molecule has 0 aliphatic carbocycles. The molecule has 1 aliphatic rings. The van der Waals surface area contributed by atoms with E-state index in [-0.39, 0.29) is 42.8 Å². The average Bonchev–Trinajstić information content (AvgIpc) is 2.86. The van der Waals surface area contributed by atoms with E-state index in [1.165, 1.54) is 4.90 Å². The predicted octanol–water partition coefficient (Wildman–Crippen LogP) is 2.50. The Bertz CT molecular complexity index is 576. The second kappa shape index (κ2) is 6.01. The van der Waals surface area contributed by atoms with Crippen LogP contribution in [0.3, 0.4) is 0 Å². The van der Waals surface area contributed by atoms with Gasteiger partial charge in [-0.2, -0.15) is 13.2 Å². The molecule has 1 atom stereocenters. The van der Waals surface area contributed by atoms with Crippen molar-refractivity contribution in [3.63, 3.8) is 0 Å². The summed E-state index contributed by atoms with van der Waals surface area (Å²) < 4.78 is 39.3. The van der Waals surface area contributed by atoms with Crippen LogP contribution in [0.15, 0.2) is 0 Å². The maximum atomic E-state index is 12.8. The number of nitrogens with zero attached hydrogens (tertiary/aromatic N) is 4. The molecule has 130 valence electrons. The summed E-state index contributed by atoms with van der Waals surface area (Å²) in [6.45, 7) is 9.09. The minimum atomic E-state index is -4.53. The van der Waals surface area contributed by atoms with Gasteiger partial charge in [0.2, 0.25) is 5.82 Å². The van der Waals surface area contributed by atoms with E-state index in [2.05, 4.69) is 36.3 Å². The molecule has 0 saturated carbocycles. The van der Waals surface area contributed by atoms with Gasteiger partial charge >= 0.3 is 12.2 Å². The normalized spacial score (nSPS) is 16.9. The number of aromatic nitrogens is 3. The molecule has 23 heavy (non-hydrogen) atoms. The SMILES string of the molecule is CC(CNC(=O)N1CCn2c(nnc2C(F)(F)F)C1)C(C)(C)C. The van der Waals surface area contributed by atoms with E-state index < -0.39 is 12.0 Å². The average molecular weight is 333 g/mol. The summed E-state index contributed by atoms with van der Waals surface area (Å²) in [6, 6.07) is -0.288. The van der Waals surface area contributed by atoms with Crippen LogP contribution >= 0.6 is 0 Å². The minimum absolute atomic E-state index is 0.0266. The first-order chi connectivity index (χ1) is 10.5. The number of rotatable bonds is 2. The molecule has 9 heteroatoms. The quantitative estimate of drug-likeness (QED) is 0.904. The first-order valence-electron chi connectivity index (χ1n) is 7.52. The fourth-order valence-electron chi connectivity index (χ4n) is 2.20. The number of carbonyl (C=O) groups is 1. The summed E-state index contributed by atoms with van der Waals surface area (Å²) in [5.74, 6) is -0.576. The fourth-order valence-corrected chi connectivity index (χ4v) is 2.20. The van der Waals surface area contributed by atoms with Crippen molar-refractivity contribution in [3.8, 4) is 0 Å². The summed E-state index contributed by atoms with van der Waals surface area (Å²) >= 11 is 0. The molecule has 0 bridgehead atoms. The Morgan fingerprint density at radius 3 is 2.48 bits per heavy atom. The van der Waals surface area contributed by atoms with Crippen molar-refractivity contribution >= 4 is 6.03 Å². The standard InChI is InChI=1S/C14H22F3N5O/c1-9(13(2,3)4)7-18-12(23)21-5-6-22-10(8-21)19-20-11(22)14(15,16)17/h9H,5-8H2,1-4H3,(H,18,23). The van der Waals surface area contributed by atoms with Gasteiger partial charge in [-0.05, 0) is 11.3 Å². The molecule has 0 saturated heterocycles. The van der Waals surface area contributed by atoms with Crippen LogP contribution in [0.25, 0.3) is 0 Å². The molecule has 1 unspecified atom stereocenters. The van der Waals surface area contributed by atoms with Gasteiger partial charge < -0.3 is 14.8 Å². The first kappa shape index (κ1) is 17.6. The summed E-state index contributed by atoms with van der Waals surface area (Å²) in [5, 5.41) is 9.59. The molecular formula is C14H22F3N5O. The van der Waals surface area contributed by atoms with Crippen LogP contribution in [-0.2, 0) is 19.3 Å². The van der Waals surface area contributed by atoms with Crippen molar-refractivity contribution in [2.24, 2.45) is 11.3 Å². The van der Waals surface area contributed by atoms with Crippen molar-refractivity contribution in [2.75, 3.05) is 13.1 Å². The molecular weight excluding hydrogens is 311 g/mol. The second-order valence-electron chi connectivity index (χ2n) is 6.96. The number of halogens is 3. The fraction of sp³-hybridized carbons (Fsp3) is 0.786. The lowest BCUT2D eigenvalue weighted by Gasteiger charge is -2.31. The maximum absolute atomic E-state index is 12.8. The maximum Gasteiger partial charge on any atom is 0.451 e. The highest BCUT2D eigenvalue weighted by Gasteiger charge is 2.39. The molecule has 1 aromatic rings. The van der Waals surface area contributed by atoms with E-state index in [4.69, 9.17) is 0 Å². The van der Waals surface area contributed by atoms with Crippen molar-refractivity contribution in [1.82, 2.24) is 25.0 Å². The molecule has 6 nitrogen and oxygen atoms in total. The number of carbonyl (C=O) groups excluding carboxylic acids is 1. The Morgan fingerprint density at radius 1 is 1.26 bits per heavy atom. The highest BCUT2D eigenvalue weighted by atomic mass is 19.4. The predicted molar refractivity (Wildman–Crippen MR) is 77.5 cm³/mol. The Morgan fingerprint density at radius 2 is 1.91 bits per heavy atom. The number of amides is 2. The number of hydrogen-bond donors (Lipinski definition) is 1. The van der Waals surface area contributed by atoms with Crippen LogP contribution in [0, 0.1) is 11.3 Å². The monoisotopic (exact) mass is 333 g/mol. The van der Waals surface area contributed by atoms with Crippen LogP contribution in [0.4, 0.5) is 18.0 Å². The lowest BCUT2D eigenvalue weighted by molar-refractivity contribution is -0.147. The van der Waals surface area contributed by atoms with Gasteiger partial charge in [-0.1, -0.05) is 27.7 Å². The van der Waals surface area contributed by atoms with Gasteiger partial charge in [-0.25, -0.2) is 4.79 Å². The number of urea groups is 1. The van der Waals surface area contributed by atoms with Gasteiger partial charge in [0, 0.05) is 19.6 Å². The van der Waals surface area contributed by atoms with Crippen molar-refractivity contribution < 1.29 is 18.0 Å². The molecule has 2 rings (SSSR count). The highest BCUT2D eigenvalue weighted by molar-refractivity contribution is 5.74. The third-order valence-electron chi connectivity index (χ3n) is 4.33. The Balaban J connectivity index is 1.98. The molecule has 2 amide bonds. The molecule has 0 fully saturated rings. The van der Waals surface area contributed by atoms with Crippen molar-refractivity contribution in [1.29, 1.82) is 0 Å². The summed E-state index contributed by atoms with van der Waals surface area (Å²) in [6.07, 6.45) is -4.53. The van der Waals surface area contributed by atoms with Crippen LogP contribution in [0.1, 0.15) is 39.3 Å². The second-order valence-corrected chi connectivity index (χ2v) is 6.96. The Hall–Kier alpha value is -1.80. The Kier molecular flexibility index (Phi) is 4.59. The molecule has 1 N–H and O–H groups in total. The van der Waals surface area contributed by atoms with Crippen molar-refractivity contribution in [2.45, 2.75) is 47.0 Å². The summed E-state index contributed by atoms with van der Waals surface area (Å²) in [7, 11) is 0. The third-order valence-corrected chi connectivity index (χ3v) is 4.33. The smallest absolute Gasteiger partial charge is 0.338 e. The number of alkyl halides is 3. The van der Waals surface area contributed by atoms with Gasteiger partial charge in [0.15, 0.2) is 5.82 Å². The third kappa shape index (κ3) is 3.94. The first-order valence-corrected chi connectivity index (χ1v) is 7.52. The Labute approximate surface area is 133 Å². The minimum Gasteiger partial charge on any atom is -0.338 e. The van der Waals surface area contributed by atoms with E-state index >= 15 is 0 Å². The molecule has 0 radical (unpaired) electrons. The van der Waals surface area contributed by atoms with E-state index in [0.29, 0.717) is 6.54 Å². The number of fused-ring (bicyclic) bond motifs is 1. The molecule has 0 aromatic carbocycles. The van der Waals surface area contributed by atoms with Crippen LogP contribution in [-0.4, -0.2) is 38.8 Å². The topological polar surface area (TPSA) is 63.1 Å². The van der Waals surface area contributed by atoms with Crippen molar-refractivity contribution in [3.05, 3.63) is 11.6 Å². The lowest BCUT2D eigenvalue weighted by atomic mass is 9.82. The number of hydrogen-bond acceptors (Lipinski definition) is 3. The van der Waals surface area contributed by atoms with Gasteiger partial charge in [-0.3, -0.25) is 0 Å². The zero-order chi connectivity index (χ0) is 17.4. The van der Waals surface area contributed by atoms with E-state index in [0.717, 1.165) is 4.57 Å². The summed E-state index contributed by atoms with van der Waals surface area (Å²) in [4.78, 5) is 13.6. The van der Waals surface area contributed by atoms with E-state index in [1.807, 2.05) is 6.92 Å². The van der Waals surface area contributed by atoms with E-state index in [9.17, 15) is 18.0 Å². The van der Waals surface area contributed by atoms with Gasteiger partial charge in [0.05, 0.1) is 6.54 Å². The zero-order valence-electron chi connectivity index (χ0n) is 13.7. The van der Waals surface area contributed by atoms with Gasteiger partial charge in [-0.15, -0.1) is 10.2 Å². The molecule has 1 aliphatic heterocycles. The molecule has 1 aromatic heterocycles. The highest BCUT2D eigenvalue weighted by Crippen LogP contribution is 2.29. The van der Waals surface area contributed by atoms with E-state index in [1.54, 1.807) is 0 Å². The number of nitrogens with one attached hydrogen (secondary N) is 1. The zero-order valence-corrected chi connectivity index (χ0v) is 13.7. The van der Waals surface area contributed by atoms with Crippen LogP contribution < -0.4 is 5.32 Å². The van der Waals surface area contributed by atoms with Crippen LogP contribution in [0.5, 0.6) is 0 Å². The van der Waals surface area contributed by atoms with Gasteiger partial charge in [0.25, 0.3) is 0 Å².